The highest BCUT2D eigenvalue weighted by Crippen LogP contribution is 2.41. The molecule has 27 heavy (non-hydrogen) atoms. The summed E-state index contributed by atoms with van der Waals surface area (Å²) in [7, 11) is 1.72. The van der Waals surface area contributed by atoms with E-state index in [1.165, 1.54) is 0 Å². The van der Waals surface area contributed by atoms with E-state index in [4.69, 9.17) is 15.2 Å². The molecule has 2 aromatic rings. The number of ether oxygens (including phenoxy) is 2. The lowest BCUT2D eigenvalue weighted by molar-refractivity contribution is -0.139. The Bertz CT molecular complexity index is 948. The topological polar surface area (TPSA) is 96.4 Å². The van der Waals surface area contributed by atoms with Crippen LogP contribution in [0, 0.1) is 0 Å². The molecule has 142 valence electrons. The summed E-state index contributed by atoms with van der Waals surface area (Å²) in [5.41, 5.74) is 7.88. The van der Waals surface area contributed by atoms with Crippen molar-refractivity contribution in [3.8, 4) is 5.75 Å². The van der Waals surface area contributed by atoms with Gasteiger partial charge in [-0.25, -0.2) is 4.79 Å². The van der Waals surface area contributed by atoms with Gasteiger partial charge in [-0.3, -0.25) is 9.78 Å². The SMILES string of the molecule is CCCc1cc2c(c(=O)n1C)C(c1cccnc1)C(C(=O)OCC)=C(N)O2. The molecule has 2 N–H and O–H groups in total. The Kier molecular flexibility index (Phi) is 5.30. The summed E-state index contributed by atoms with van der Waals surface area (Å²) in [5.74, 6) is -0.975. The average molecular weight is 369 g/mol. The highest BCUT2D eigenvalue weighted by molar-refractivity contribution is 5.92. The van der Waals surface area contributed by atoms with E-state index in [-0.39, 0.29) is 23.6 Å². The molecule has 0 saturated heterocycles. The Labute approximate surface area is 157 Å². The number of aromatic nitrogens is 2. The monoisotopic (exact) mass is 369 g/mol. The number of hydrogen-bond acceptors (Lipinski definition) is 6. The standard InChI is InChI=1S/C20H23N3O4/c1-4-7-13-10-14-16(19(24)23(13)3)15(12-8-6-9-22-11-12)17(18(21)27-14)20(25)26-5-2/h6,8-11,15H,4-5,7,21H2,1-3H3. The van der Waals surface area contributed by atoms with Gasteiger partial charge in [-0.1, -0.05) is 19.4 Å². The number of carbonyl (C=O) groups is 1. The second-order valence-corrected chi connectivity index (χ2v) is 6.35. The van der Waals surface area contributed by atoms with Crippen molar-refractivity contribution in [1.82, 2.24) is 9.55 Å². The second-order valence-electron chi connectivity index (χ2n) is 6.35. The van der Waals surface area contributed by atoms with Crippen molar-refractivity contribution in [1.29, 1.82) is 0 Å². The summed E-state index contributed by atoms with van der Waals surface area (Å²) < 4.78 is 12.5. The van der Waals surface area contributed by atoms with Crippen molar-refractivity contribution in [2.24, 2.45) is 12.8 Å². The van der Waals surface area contributed by atoms with Gasteiger partial charge in [-0.05, 0) is 25.0 Å². The number of carbonyl (C=O) groups excluding carboxylic acids is 1. The Morgan fingerprint density at radius 1 is 1.41 bits per heavy atom. The number of esters is 1. The van der Waals surface area contributed by atoms with Gasteiger partial charge >= 0.3 is 5.97 Å². The summed E-state index contributed by atoms with van der Waals surface area (Å²) >= 11 is 0. The Hall–Kier alpha value is -3.09. The summed E-state index contributed by atoms with van der Waals surface area (Å²) in [4.78, 5) is 29.9. The lowest BCUT2D eigenvalue weighted by Crippen LogP contribution is -2.34. The zero-order valence-corrected chi connectivity index (χ0v) is 15.7. The van der Waals surface area contributed by atoms with E-state index >= 15 is 0 Å². The van der Waals surface area contributed by atoms with Crippen molar-refractivity contribution in [3.63, 3.8) is 0 Å². The van der Waals surface area contributed by atoms with Gasteiger partial charge in [-0.2, -0.15) is 0 Å². The van der Waals surface area contributed by atoms with E-state index < -0.39 is 11.9 Å². The third-order valence-corrected chi connectivity index (χ3v) is 4.61. The highest BCUT2D eigenvalue weighted by Gasteiger charge is 2.38. The first-order valence-electron chi connectivity index (χ1n) is 8.96. The molecule has 7 heteroatoms. The average Bonchev–Trinajstić information content (AvgIpc) is 2.66. The Balaban J connectivity index is 2.27. The number of rotatable bonds is 5. The summed E-state index contributed by atoms with van der Waals surface area (Å²) in [5, 5.41) is 0. The molecule has 0 aliphatic carbocycles. The number of aryl methyl sites for hydroxylation is 1. The number of hydrogen-bond donors (Lipinski definition) is 1. The van der Waals surface area contributed by atoms with E-state index in [9.17, 15) is 9.59 Å². The minimum atomic E-state index is -0.698. The fourth-order valence-corrected chi connectivity index (χ4v) is 3.36. The van der Waals surface area contributed by atoms with E-state index in [0.29, 0.717) is 16.9 Å². The maximum atomic E-state index is 13.2. The fourth-order valence-electron chi connectivity index (χ4n) is 3.36. The van der Waals surface area contributed by atoms with E-state index in [1.54, 1.807) is 43.1 Å². The molecule has 3 heterocycles. The van der Waals surface area contributed by atoms with Crippen LogP contribution in [0.3, 0.4) is 0 Å². The molecule has 0 spiro atoms. The van der Waals surface area contributed by atoms with Gasteiger partial charge in [0, 0.05) is 31.2 Å². The maximum absolute atomic E-state index is 13.2. The number of nitrogens with zero attached hydrogens (tertiary/aromatic N) is 2. The van der Waals surface area contributed by atoms with Gasteiger partial charge in [0.25, 0.3) is 5.56 Å². The molecule has 1 aliphatic rings. The minimum Gasteiger partial charge on any atom is -0.462 e. The van der Waals surface area contributed by atoms with Gasteiger partial charge in [0.15, 0.2) is 0 Å². The lowest BCUT2D eigenvalue weighted by Gasteiger charge is -2.28. The van der Waals surface area contributed by atoms with E-state index in [1.807, 2.05) is 13.0 Å². The van der Waals surface area contributed by atoms with Crippen molar-refractivity contribution in [3.05, 3.63) is 69.2 Å². The van der Waals surface area contributed by atoms with Crippen molar-refractivity contribution < 1.29 is 14.3 Å². The molecule has 1 unspecified atom stereocenters. The second kappa shape index (κ2) is 7.65. The largest absolute Gasteiger partial charge is 0.462 e. The Morgan fingerprint density at radius 3 is 2.81 bits per heavy atom. The molecule has 1 aliphatic heterocycles. The van der Waals surface area contributed by atoms with Crippen LogP contribution >= 0.6 is 0 Å². The van der Waals surface area contributed by atoms with Crippen molar-refractivity contribution >= 4 is 5.97 Å². The van der Waals surface area contributed by atoms with Crippen LogP contribution in [0.1, 0.15) is 43.0 Å². The Morgan fingerprint density at radius 2 is 2.19 bits per heavy atom. The zero-order valence-electron chi connectivity index (χ0n) is 15.7. The number of nitrogens with two attached hydrogens (primary N) is 1. The third kappa shape index (κ3) is 3.32. The molecule has 0 amide bonds. The molecular formula is C20H23N3O4. The summed E-state index contributed by atoms with van der Waals surface area (Å²) in [6.45, 7) is 3.94. The maximum Gasteiger partial charge on any atom is 0.340 e. The first-order valence-corrected chi connectivity index (χ1v) is 8.96. The smallest absolute Gasteiger partial charge is 0.340 e. The molecule has 0 saturated carbocycles. The predicted molar refractivity (Wildman–Crippen MR) is 100 cm³/mol. The van der Waals surface area contributed by atoms with Crippen LogP contribution in [0.25, 0.3) is 0 Å². The third-order valence-electron chi connectivity index (χ3n) is 4.61. The molecule has 7 nitrogen and oxygen atoms in total. The molecule has 3 rings (SSSR count). The molecule has 0 bridgehead atoms. The van der Waals surface area contributed by atoms with Crippen LogP contribution in [0.2, 0.25) is 0 Å². The zero-order chi connectivity index (χ0) is 19.6. The van der Waals surface area contributed by atoms with Crippen LogP contribution in [0.5, 0.6) is 5.75 Å². The van der Waals surface area contributed by atoms with Crippen molar-refractivity contribution in [2.45, 2.75) is 32.6 Å². The van der Waals surface area contributed by atoms with Crippen molar-refractivity contribution in [2.75, 3.05) is 6.61 Å². The van der Waals surface area contributed by atoms with Gasteiger partial charge < -0.3 is 19.8 Å². The van der Waals surface area contributed by atoms with Crippen LogP contribution < -0.4 is 16.0 Å². The van der Waals surface area contributed by atoms with Crippen LogP contribution in [-0.2, 0) is 23.0 Å². The normalized spacial score (nSPS) is 15.9. The first kappa shape index (κ1) is 18.7. The van der Waals surface area contributed by atoms with E-state index in [2.05, 4.69) is 4.98 Å². The van der Waals surface area contributed by atoms with Crippen LogP contribution in [0.15, 0.2) is 46.8 Å². The molecule has 2 aromatic heterocycles. The number of fused-ring (bicyclic) bond motifs is 1. The van der Waals surface area contributed by atoms with Gasteiger partial charge in [0.2, 0.25) is 5.88 Å². The quantitative estimate of drug-likeness (QED) is 0.810. The minimum absolute atomic E-state index is 0.0505. The van der Waals surface area contributed by atoms with E-state index in [0.717, 1.165) is 18.5 Å². The summed E-state index contributed by atoms with van der Waals surface area (Å²) in [6, 6.07) is 5.37. The summed E-state index contributed by atoms with van der Waals surface area (Å²) in [6.07, 6.45) is 4.86. The molecular weight excluding hydrogens is 346 g/mol. The molecule has 0 fully saturated rings. The van der Waals surface area contributed by atoms with Gasteiger partial charge in [0.1, 0.15) is 11.3 Å². The van der Waals surface area contributed by atoms with Crippen LogP contribution in [-0.4, -0.2) is 22.1 Å². The van der Waals surface area contributed by atoms with Gasteiger partial charge in [0.05, 0.1) is 18.1 Å². The fraction of sp³-hybridized carbons (Fsp3) is 0.350. The highest BCUT2D eigenvalue weighted by atomic mass is 16.5. The number of pyridine rings is 2. The van der Waals surface area contributed by atoms with Crippen LogP contribution in [0.4, 0.5) is 0 Å². The molecule has 1 atom stereocenters. The molecule has 0 radical (unpaired) electrons. The van der Waals surface area contributed by atoms with Gasteiger partial charge in [-0.15, -0.1) is 0 Å². The predicted octanol–water partition coefficient (Wildman–Crippen LogP) is 1.99. The lowest BCUT2D eigenvalue weighted by atomic mass is 9.84. The first-order chi connectivity index (χ1) is 13.0. The molecule has 0 aromatic carbocycles.